The summed E-state index contributed by atoms with van der Waals surface area (Å²) in [6, 6.07) is 39.2. The molecule has 39 heavy (non-hydrogen) atoms. The Morgan fingerprint density at radius 3 is 2.41 bits per heavy atom. The van der Waals surface area contributed by atoms with Crippen LogP contribution in [0.25, 0.3) is 72.6 Å². The Morgan fingerprint density at radius 1 is 0.615 bits per heavy atom. The van der Waals surface area contributed by atoms with E-state index in [1.807, 2.05) is 54.7 Å². The van der Waals surface area contributed by atoms with Gasteiger partial charge in [0.15, 0.2) is 5.58 Å². The van der Waals surface area contributed by atoms with E-state index in [1.165, 1.54) is 10.8 Å². The van der Waals surface area contributed by atoms with Crippen LogP contribution in [-0.4, -0.2) is 14.5 Å². The molecule has 8 rings (SSSR count). The maximum atomic E-state index is 6.27. The molecule has 5 nitrogen and oxygen atoms in total. The van der Waals surface area contributed by atoms with E-state index in [1.54, 1.807) is 6.26 Å². The number of benzene rings is 4. The van der Waals surface area contributed by atoms with E-state index in [0.717, 1.165) is 56.0 Å². The topological polar surface area (TPSA) is 57.0 Å². The van der Waals surface area contributed by atoms with Gasteiger partial charge in [-0.25, -0.2) is 4.98 Å². The van der Waals surface area contributed by atoms with E-state index in [0.29, 0.717) is 5.89 Å². The molecule has 0 atom stereocenters. The van der Waals surface area contributed by atoms with E-state index < -0.39 is 0 Å². The third-order valence-corrected chi connectivity index (χ3v) is 7.18. The molecule has 4 heterocycles. The summed E-state index contributed by atoms with van der Waals surface area (Å²) in [7, 11) is 0. The highest BCUT2D eigenvalue weighted by Gasteiger charge is 2.16. The highest BCUT2D eigenvalue weighted by molar-refractivity contribution is 6.10. The van der Waals surface area contributed by atoms with Crippen LogP contribution in [-0.2, 0) is 0 Å². The summed E-state index contributed by atoms with van der Waals surface area (Å²) in [4.78, 5) is 9.36. The molecule has 0 bridgehead atoms. The summed E-state index contributed by atoms with van der Waals surface area (Å²) >= 11 is 0. The van der Waals surface area contributed by atoms with Gasteiger partial charge in [-0.2, -0.15) is 0 Å². The molecule has 0 amide bonds. The lowest BCUT2D eigenvalue weighted by molar-refractivity contribution is 0.581. The van der Waals surface area contributed by atoms with Crippen molar-refractivity contribution < 1.29 is 8.83 Å². The van der Waals surface area contributed by atoms with Crippen LogP contribution in [0.2, 0.25) is 0 Å². The van der Waals surface area contributed by atoms with Crippen molar-refractivity contribution in [1.82, 2.24) is 14.5 Å². The molecule has 0 aliphatic heterocycles. The molecular weight excluding hydrogens is 482 g/mol. The van der Waals surface area contributed by atoms with Gasteiger partial charge in [-0.15, -0.1) is 0 Å². The second kappa shape index (κ2) is 8.57. The van der Waals surface area contributed by atoms with Crippen LogP contribution in [0.15, 0.2) is 137 Å². The molecule has 8 aromatic rings. The van der Waals surface area contributed by atoms with E-state index in [-0.39, 0.29) is 0 Å². The highest BCUT2D eigenvalue weighted by Crippen LogP contribution is 2.36. The van der Waals surface area contributed by atoms with Gasteiger partial charge in [0, 0.05) is 39.3 Å². The number of aromatic nitrogens is 3. The first kappa shape index (κ1) is 21.6. The summed E-state index contributed by atoms with van der Waals surface area (Å²) in [5.41, 5.74) is 8.73. The van der Waals surface area contributed by atoms with Gasteiger partial charge in [0.1, 0.15) is 11.3 Å². The van der Waals surface area contributed by atoms with Crippen LogP contribution < -0.4 is 0 Å². The third kappa shape index (κ3) is 3.55. The van der Waals surface area contributed by atoms with Gasteiger partial charge < -0.3 is 13.4 Å². The second-order valence-corrected chi connectivity index (χ2v) is 9.53. The van der Waals surface area contributed by atoms with Gasteiger partial charge in [-0.05, 0) is 72.8 Å². The number of pyridine rings is 1. The molecule has 0 spiro atoms. The van der Waals surface area contributed by atoms with Crippen molar-refractivity contribution in [2.24, 2.45) is 0 Å². The molecule has 0 radical (unpaired) electrons. The lowest BCUT2D eigenvalue weighted by Gasteiger charge is -2.10. The van der Waals surface area contributed by atoms with Crippen LogP contribution in [0.1, 0.15) is 0 Å². The van der Waals surface area contributed by atoms with Crippen LogP contribution in [0.4, 0.5) is 0 Å². The Labute approximate surface area is 223 Å². The minimum Gasteiger partial charge on any atom is -0.464 e. The van der Waals surface area contributed by atoms with Gasteiger partial charge in [0.2, 0.25) is 5.89 Å². The fourth-order valence-electron chi connectivity index (χ4n) is 5.36. The lowest BCUT2D eigenvalue weighted by Crippen LogP contribution is -1.95. The standard InChI is InChI=1S/C34H21N3O2/c1-2-11-30-26(9-1)27-15-13-24(34-36-29-16-14-23(21-33(29)39-34)32-12-6-18-38-32)20-31(27)37(30)25-8-5-7-22(19-25)28-10-3-4-17-35-28/h1-21H. The molecule has 184 valence electrons. The molecule has 4 aromatic heterocycles. The number of hydrogen-bond acceptors (Lipinski definition) is 4. The zero-order valence-corrected chi connectivity index (χ0v) is 20.8. The Bertz CT molecular complexity index is 2120. The largest absolute Gasteiger partial charge is 0.464 e. The zero-order chi connectivity index (χ0) is 25.8. The van der Waals surface area contributed by atoms with E-state index in [4.69, 9.17) is 13.8 Å². The highest BCUT2D eigenvalue weighted by atomic mass is 16.3. The third-order valence-electron chi connectivity index (χ3n) is 7.18. The minimum absolute atomic E-state index is 0.586. The normalized spacial score (nSPS) is 11.6. The van der Waals surface area contributed by atoms with Crippen LogP contribution >= 0.6 is 0 Å². The first-order valence-corrected chi connectivity index (χ1v) is 12.8. The number of oxazole rings is 1. The number of hydrogen-bond donors (Lipinski definition) is 0. The molecule has 0 unspecified atom stereocenters. The van der Waals surface area contributed by atoms with Crippen molar-refractivity contribution in [3.8, 4) is 39.7 Å². The Hall–Kier alpha value is -5.42. The van der Waals surface area contributed by atoms with Crippen LogP contribution in [0.5, 0.6) is 0 Å². The molecule has 0 fully saturated rings. The van der Waals surface area contributed by atoms with Gasteiger partial charge in [0.25, 0.3) is 0 Å². The summed E-state index contributed by atoms with van der Waals surface area (Å²) in [6.45, 7) is 0. The number of furan rings is 1. The van der Waals surface area contributed by atoms with Gasteiger partial charge in [-0.1, -0.05) is 42.5 Å². The number of rotatable bonds is 4. The van der Waals surface area contributed by atoms with Crippen molar-refractivity contribution in [2.75, 3.05) is 0 Å². The summed E-state index contributed by atoms with van der Waals surface area (Å²) in [5.74, 6) is 1.39. The lowest BCUT2D eigenvalue weighted by atomic mass is 10.1. The molecular formula is C34H21N3O2. The molecule has 0 saturated carbocycles. The van der Waals surface area contributed by atoms with Crippen molar-refractivity contribution in [1.29, 1.82) is 0 Å². The first-order chi connectivity index (χ1) is 19.3. The summed E-state index contributed by atoms with van der Waals surface area (Å²) < 4.78 is 14.1. The molecule has 0 aliphatic carbocycles. The Kier molecular flexibility index (Phi) is 4.76. The number of fused-ring (bicyclic) bond motifs is 4. The molecule has 4 aromatic carbocycles. The number of para-hydroxylation sites is 1. The average Bonchev–Trinajstić information content (AvgIpc) is 3.75. The molecule has 0 saturated heterocycles. The van der Waals surface area contributed by atoms with Crippen LogP contribution in [0, 0.1) is 0 Å². The smallest absolute Gasteiger partial charge is 0.227 e. The quantitative estimate of drug-likeness (QED) is 0.241. The summed E-state index contributed by atoms with van der Waals surface area (Å²) in [5, 5.41) is 2.37. The SMILES string of the molecule is c1ccc(-c2cccc(-n3c4ccccc4c4ccc(-c5nc6ccc(-c7ccco7)cc6o5)cc43)c2)nc1. The first-order valence-electron chi connectivity index (χ1n) is 12.8. The zero-order valence-electron chi connectivity index (χ0n) is 20.8. The molecule has 0 N–H and O–H groups in total. The Morgan fingerprint density at radius 2 is 1.51 bits per heavy atom. The maximum absolute atomic E-state index is 6.27. The predicted molar refractivity (Wildman–Crippen MR) is 155 cm³/mol. The molecule has 0 aliphatic rings. The average molecular weight is 504 g/mol. The van der Waals surface area contributed by atoms with E-state index in [9.17, 15) is 0 Å². The van der Waals surface area contributed by atoms with Crippen molar-refractivity contribution in [3.05, 3.63) is 128 Å². The van der Waals surface area contributed by atoms with Crippen molar-refractivity contribution >= 4 is 32.9 Å². The van der Waals surface area contributed by atoms with Gasteiger partial charge in [-0.3, -0.25) is 4.98 Å². The fourth-order valence-corrected chi connectivity index (χ4v) is 5.36. The monoisotopic (exact) mass is 503 g/mol. The predicted octanol–water partition coefficient (Wildman–Crippen LogP) is 8.91. The van der Waals surface area contributed by atoms with Crippen LogP contribution in [0.3, 0.4) is 0 Å². The fraction of sp³-hybridized carbons (Fsp3) is 0. The van der Waals surface area contributed by atoms with E-state index in [2.05, 4.69) is 76.3 Å². The minimum atomic E-state index is 0.586. The second-order valence-electron chi connectivity index (χ2n) is 9.53. The summed E-state index contributed by atoms with van der Waals surface area (Å²) in [6.07, 6.45) is 3.50. The Balaban J connectivity index is 1.31. The van der Waals surface area contributed by atoms with Gasteiger partial charge in [0.05, 0.1) is 23.0 Å². The van der Waals surface area contributed by atoms with Gasteiger partial charge >= 0.3 is 0 Å². The van der Waals surface area contributed by atoms with Crippen molar-refractivity contribution in [3.63, 3.8) is 0 Å². The number of nitrogens with zero attached hydrogens (tertiary/aromatic N) is 3. The van der Waals surface area contributed by atoms with E-state index >= 15 is 0 Å². The maximum Gasteiger partial charge on any atom is 0.227 e. The molecule has 5 heteroatoms. The van der Waals surface area contributed by atoms with Crippen molar-refractivity contribution in [2.45, 2.75) is 0 Å².